The van der Waals surface area contributed by atoms with Gasteiger partial charge in [-0.15, -0.1) is 0 Å². The van der Waals surface area contributed by atoms with Crippen LogP contribution >= 0.6 is 11.6 Å². The number of halogens is 1. The Morgan fingerprint density at radius 2 is 2.29 bits per heavy atom. The Morgan fingerprint density at radius 3 is 3.00 bits per heavy atom. The van der Waals surface area contributed by atoms with Gasteiger partial charge in [0.05, 0.1) is 5.02 Å². The number of hydrogen-bond donors (Lipinski definition) is 0. The predicted octanol–water partition coefficient (Wildman–Crippen LogP) is 2.80. The van der Waals surface area contributed by atoms with Gasteiger partial charge in [-0.3, -0.25) is 0 Å². The molecule has 0 aliphatic heterocycles. The first-order valence-electron chi connectivity index (χ1n) is 4.71. The smallest absolute Gasteiger partial charge is 0.161 e. The zero-order valence-corrected chi connectivity index (χ0v) is 9.04. The Labute approximate surface area is 87.7 Å². The lowest BCUT2D eigenvalue weighted by Crippen LogP contribution is -1.99. The van der Waals surface area contributed by atoms with Crippen molar-refractivity contribution in [1.29, 1.82) is 0 Å². The summed E-state index contributed by atoms with van der Waals surface area (Å²) < 4.78 is 2.10. The minimum atomic E-state index is 0.674. The highest BCUT2D eigenvalue weighted by atomic mass is 35.5. The van der Waals surface area contributed by atoms with Crippen molar-refractivity contribution in [1.82, 2.24) is 14.5 Å². The molecule has 2 heterocycles. The molecular formula is C10H12ClN3. The van der Waals surface area contributed by atoms with E-state index in [1.807, 2.05) is 6.92 Å². The first-order valence-corrected chi connectivity index (χ1v) is 5.09. The summed E-state index contributed by atoms with van der Waals surface area (Å²) in [5, 5.41) is 0.674. The summed E-state index contributed by atoms with van der Waals surface area (Å²) in [5.74, 6) is 0.974. The highest BCUT2D eigenvalue weighted by molar-refractivity contribution is 6.34. The molecule has 0 spiro atoms. The van der Waals surface area contributed by atoms with E-state index in [2.05, 4.69) is 21.5 Å². The van der Waals surface area contributed by atoms with Crippen molar-refractivity contribution >= 4 is 22.8 Å². The molecule has 0 aliphatic rings. The second-order valence-electron chi connectivity index (χ2n) is 3.28. The number of pyridine rings is 1. The number of rotatable bonds is 2. The van der Waals surface area contributed by atoms with Crippen LogP contribution in [0.5, 0.6) is 0 Å². The standard InChI is InChI=1S/C10H12ClN3/c1-3-6-14-7(2)13-9-8(11)4-5-12-10(9)14/h4-5H,3,6H2,1-2H3. The van der Waals surface area contributed by atoms with Crippen molar-refractivity contribution in [3.8, 4) is 0 Å². The molecule has 0 radical (unpaired) electrons. The van der Waals surface area contributed by atoms with Crippen LogP contribution in [0.2, 0.25) is 5.02 Å². The second-order valence-corrected chi connectivity index (χ2v) is 3.68. The zero-order valence-electron chi connectivity index (χ0n) is 8.29. The van der Waals surface area contributed by atoms with E-state index in [-0.39, 0.29) is 0 Å². The maximum atomic E-state index is 6.03. The molecule has 2 aromatic rings. The molecule has 0 amide bonds. The third kappa shape index (κ3) is 1.38. The van der Waals surface area contributed by atoms with E-state index in [0.29, 0.717) is 5.02 Å². The number of aromatic nitrogens is 3. The van der Waals surface area contributed by atoms with E-state index < -0.39 is 0 Å². The number of imidazole rings is 1. The minimum Gasteiger partial charge on any atom is -0.313 e. The monoisotopic (exact) mass is 209 g/mol. The average molecular weight is 210 g/mol. The largest absolute Gasteiger partial charge is 0.313 e. The van der Waals surface area contributed by atoms with Gasteiger partial charge < -0.3 is 4.57 Å². The SMILES string of the molecule is CCCn1c(C)nc2c(Cl)ccnc21. The molecule has 0 saturated heterocycles. The molecule has 2 rings (SSSR count). The first kappa shape index (κ1) is 9.46. The van der Waals surface area contributed by atoms with Crippen LogP contribution < -0.4 is 0 Å². The Hall–Kier alpha value is -1.09. The van der Waals surface area contributed by atoms with Crippen LogP contribution in [0.4, 0.5) is 0 Å². The predicted molar refractivity (Wildman–Crippen MR) is 57.6 cm³/mol. The molecule has 0 bridgehead atoms. The summed E-state index contributed by atoms with van der Waals surface area (Å²) in [6.45, 7) is 5.05. The summed E-state index contributed by atoms with van der Waals surface area (Å²) in [4.78, 5) is 8.70. The molecule has 0 unspecified atom stereocenters. The third-order valence-corrected chi connectivity index (χ3v) is 2.53. The van der Waals surface area contributed by atoms with Gasteiger partial charge in [-0.25, -0.2) is 9.97 Å². The van der Waals surface area contributed by atoms with E-state index in [0.717, 1.165) is 30.0 Å². The van der Waals surface area contributed by atoms with Crippen LogP contribution in [-0.4, -0.2) is 14.5 Å². The lowest BCUT2D eigenvalue weighted by atomic mass is 10.4. The van der Waals surface area contributed by atoms with Gasteiger partial charge in [0.25, 0.3) is 0 Å². The normalized spacial score (nSPS) is 11.1. The highest BCUT2D eigenvalue weighted by Crippen LogP contribution is 2.21. The Balaban J connectivity index is 2.70. The van der Waals surface area contributed by atoms with Gasteiger partial charge in [-0.1, -0.05) is 18.5 Å². The quantitative estimate of drug-likeness (QED) is 0.762. The fourth-order valence-electron chi connectivity index (χ4n) is 1.59. The van der Waals surface area contributed by atoms with Gasteiger partial charge >= 0.3 is 0 Å². The van der Waals surface area contributed by atoms with Crippen molar-refractivity contribution in [2.45, 2.75) is 26.8 Å². The number of fused-ring (bicyclic) bond motifs is 1. The summed E-state index contributed by atoms with van der Waals surface area (Å²) in [7, 11) is 0. The van der Waals surface area contributed by atoms with Crippen LogP contribution in [0.3, 0.4) is 0 Å². The number of nitrogens with zero attached hydrogens (tertiary/aromatic N) is 3. The topological polar surface area (TPSA) is 30.7 Å². The van der Waals surface area contributed by atoms with Crippen LogP contribution in [0, 0.1) is 6.92 Å². The summed E-state index contributed by atoms with van der Waals surface area (Å²) in [6, 6.07) is 1.77. The van der Waals surface area contributed by atoms with Crippen molar-refractivity contribution in [2.75, 3.05) is 0 Å². The molecule has 0 aliphatic carbocycles. The van der Waals surface area contributed by atoms with Crippen molar-refractivity contribution < 1.29 is 0 Å². The van der Waals surface area contributed by atoms with Crippen molar-refractivity contribution in [3.63, 3.8) is 0 Å². The third-order valence-electron chi connectivity index (χ3n) is 2.22. The van der Waals surface area contributed by atoms with E-state index in [1.54, 1.807) is 12.3 Å². The first-order chi connectivity index (χ1) is 6.74. The highest BCUT2D eigenvalue weighted by Gasteiger charge is 2.09. The molecule has 14 heavy (non-hydrogen) atoms. The van der Waals surface area contributed by atoms with Crippen molar-refractivity contribution in [3.05, 3.63) is 23.1 Å². The Bertz CT molecular complexity index is 462. The fraction of sp³-hybridized carbons (Fsp3) is 0.400. The maximum Gasteiger partial charge on any atom is 0.161 e. The molecule has 0 N–H and O–H groups in total. The van der Waals surface area contributed by atoms with Crippen LogP contribution in [-0.2, 0) is 6.54 Å². The van der Waals surface area contributed by atoms with Gasteiger partial charge in [0.1, 0.15) is 11.3 Å². The van der Waals surface area contributed by atoms with E-state index in [9.17, 15) is 0 Å². The molecule has 4 heteroatoms. The lowest BCUT2D eigenvalue weighted by molar-refractivity contribution is 0.670. The molecule has 74 valence electrons. The summed E-state index contributed by atoms with van der Waals surface area (Å²) in [5.41, 5.74) is 1.69. The van der Waals surface area contributed by atoms with Crippen molar-refractivity contribution in [2.24, 2.45) is 0 Å². The summed E-state index contributed by atoms with van der Waals surface area (Å²) >= 11 is 6.03. The molecular weight excluding hydrogens is 198 g/mol. The van der Waals surface area contributed by atoms with Gasteiger partial charge in [-0.2, -0.15) is 0 Å². The molecule has 3 nitrogen and oxygen atoms in total. The molecule has 0 aromatic carbocycles. The molecule has 0 fully saturated rings. The number of aryl methyl sites for hydroxylation is 2. The zero-order chi connectivity index (χ0) is 10.1. The summed E-state index contributed by atoms with van der Waals surface area (Å²) in [6.07, 6.45) is 2.79. The second kappa shape index (κ2) is 3.58. The van der Waals surface area contributed by atoms with Crippen LogP contribution in [0.1, 0.15) is 19.2 Å². The lowest BCUT2D eigenvalue weighted by Gasteiger charge is -2.02. The maximum absolute atomic E-state index is 6.03. The van der Waals surface area contributed by atoms with Crippen LogP contribution in [0.15, 0.2) is 12.3 Å². The Kier molecular flexibility index (Phi) is 2.42. The van der Waals surface area contributed by atoms with Crippen LogP contribution in [0.25, 0.3) is 11.2 Å². The molecule has 0 saturated carbocycles. The minimum absolute atomic E-state index is 0.674. The fourth-order valence-corrected chi connectivity index (χ4v) is 1.77. The van der Waals surface area contributed by atoms with Gasteiger partial charge in [0.15, 0.2) is 5.65 Å². The Morgan fingerprint density at radius 1 is 1.50 bits per heavy atom. The van der Waals surface area contributed by atoms with E-state index in [1.165, 1.54) is 0 Å². The average Bonchev–Trinajstić information content (AvgIpc) is 2.47. The molecule has 2 aromatic heterocycles. The van der Waals surface area contributed by atoms with Gasteiger partial charge in [0.2, 0.25) is 0 Å². The van der Waals surface area contributed by atoms with Gasteiger partial charge in [-0.05, 0) is 19.4 Å². The molecule has 0 atom stereocenters. The van der Waals surface area contributed by atoms with Gasteiger partial charge in [0, 0.05) is 12.7 Å². The van der Waals surface area contributed by atoms with E-state index in [4.69, 9.17) is 11.6 Å². The number of hydrogen-bond acceptors (Lipinski definition) is 2. The van der Waals surface area contributed by atoms with E-state index >= 15 is 0 Å².